The van der Waals surface area contributed by atoms with Crippen LogP contribution in [0.1, 0.15) is 71.6 Å². The molecule has 3 aliphatic rings. The lowest BCUT2D eigenvalue weighted by atomic mass is 9.83. The van der Waals surface area contributed by atoms with Crippen molar-refractivity contribution in [2.24, 2.45) is 5.92 Å². The molecule has 10 heteroatoms. The maximum Gasteiger partial charge on any atom is 0.404 e. The van der Waals surface area contributed by atoms with Gasteiger partial charge < -0.3 is 15.1 Å². The Morgan fingerprint density at radius 2 is 1.59 bits per heavy atom. The second kappa shape index (κ2) is 13.4. The molecule has 3 aromatic rings. The lowest BCUT2D eigenvalue weighted by molar-refractivity contribution is -0.177. The van der Waals surface area contributed by atoms with E-state index < -0.39 is 35.9 Å². The Balaban J connectivity index is 1.29. The summed E-state index contributed by atoms with van der Waals surface area (Å²) < 4.78 is 55.7. The first-order valence-electron chi connectivity index (χ1n) is 16.2. The molecular formula is C36H40F4N4O2. The zero-order valence-corrected chi connectivity index (χ0v) is 26.0. The summed E-state index contributed by atoms with van der Waals surface area (Å²) in [5, 5.41) is 3.09. The third-order valence-corrected chi connectivity index (χ3v) is 9.70. The minimum atomic E-state index is -4.28. The minimum absolute atomic E-state index is 0.0179. The fraction of sp³-hybridized carbons (Fsp3) is 0.444. The number of piperidine rings is 1. The Labute approximate surface area is 267 Å². The van der Waals surface area contributed by atoms with Crippen molar-refractivity contribution < 1.29 is 27.2 Å². The molecule has 3 aromatic carbocycles. The summed E-state index contributed by atoms with van der Waals surface area (Å²) in [4.78, 5) is 33.3. The largest absolute Gasteiger partial charge is 0.404 e. The summed E-state index contributed by atoms with van der Waals surface area (Å²) in [6.07, 6.45) is -0.350. The molecular weight excluding hydrogens is 596 g/mol. The molecule has 1 unspecified atom stereocenters. The number of aryl methyl sites for hydroxylation is 1. The number of carbonyl (C=O) groups excluding carboxylic acids is 2. The second-order valence-electron chi connectivity index (χ2n) is 12.8. The Morgan fingerprint density at radius 3 is 2.30 bits per heavy atom. The molecule has 0 aromatic heterocycles. The number of rotatable bonds is 7. The van der Waals surface area contributed by atoms with E-state index in [1.54, 1.807) is 48.2 Å². The molecule has 1 N–H and O–H groups in total. The van der Waals surface area contributed by atoms with Crippen LogP contribution in [0.5, 0.6) is 0 Å². The lowest BCUT2D eigenvalue weighted by Crippen LogP contribution is -2.46. The van der Waals surface area contributed by atoms with Crippen LogP contribution in [0, 0.1) is 18.7 Å². The fourth-order valence-electron chi connectivity index (χ4n) is 7.39. The maximum atomic E-state index is 15.0. The zero-order valence-electron chi connectivity index (χ0n) is 26.0. The normalized spacial score (nSPS) is 22.3. The summed E-state index contributed by atoms with van der Waals surface area (Å²) in [5.41, 5.74) is 3.61. The van der Waals surface area contributed by atoms with Crippen LogP contribution in [0.25, 0.3) is 0 Å². The lowest BCUT2D eigenvalue weighted by Gasteiger charge is -2.41. The first-order valence-corrected chi connectivity index (χ1v) is 16.2. The van der Waals surface area contributed by atoms with E-state index in [0.29, 0.717) is 49.2 Å². The third kappa shape index (κ3) is 6.77. The number of halogens is 4. The highest BCUT2D eigenvalue weighted by Gasteiger charge is 2.46. The maximum absolute atomic E-state index is 15.0. The summed E-state index contributed by atoms with van der Waals surface area (Å²) in [6.45, 7) is 4.50. The standard InChI is InChI=1S/C36H40F4N4O2/c1-24-8-4-12-30(37)32(24)35(46)44-21-6-11-29(34(45)41-27-9-5-10-28(22-27)42-18-2-3-19-42)33(44)26-16-14-25(15-17-26)23-43-20-7-13-31(43)36(38,39)40/h4-5,8-10,12,14-17,22,29,31,33H,2-3,6-7,11,13,18-21,23H2,1H3,(H,41,45)/t29-,31?,33-/m0/s1. The van der Waals surface area contributed by atoms with Crippen LogP contribution in [0.2, 0.25) is 0 Å². The van der Waals surface area contributed by atoms with Gasteiger partial charge in [0, 0.05) is 37.6 Å². The van der Waals surface area contributed by atoms with Crippen molar-refractivity contribution in [3.63, 3.8) is 0 Å². The average molecular weight is 637 g/mol. The van der Waals surface area contributed by atoms with Gasteiger partial charge in [-0.15, -0.1) is 0 Å². The van der Waals surface area contributed by atoms with Crippen LogP contribution >= 0.6 is 0 Å². The van der Waals surface area contributed by atoms with Gasteiger partial charge >= 0.3 is 6.18 Å². The second-order valence-corrected chi connectivity index (χ2v) is 12.8. The number of carbonyl (C=O) groups is 2. The van der Waals surface area contributed by atoms with Gasteiger partial charge in [0.15, 0.2) is 0 Å². The van der Waals surface area contributed by atoms with Gasteiger partial charge in [-0.2, -0.15) is 13.2 Å². The number of amides is 2. The molecule has 3 aliphatic heterocycles. The predicted octanol–water partition coefficient (Wildman–Crippen LogP) is 7.49. The van der Waals surface area contributed by atoms with E-state index in [1.807, 2.05) is 24.3 Å². The van der Waals surface area contributed by atoms with Crippen molar-refractivity contribution in [2.45, 2.75) is 70.3 Å². The van der Waals surface area contributed by atoms with Gasteiger partial charge in [-0.05, 0) is 92.9 Å². The first-order chi connectivity index (χ1) is 22.1. The fourth-order valence-corrected chi connectivity index (χ4v) is 7.39. The molecule has 0 aliphatic carbocycles. The predicted molar refractivity (Wildman–Crippen MR) is 170 cm³/mol. The number of nitrogens with one attached hydrogen (secondary N) is 1. The van der Waals surface area contributed by atoms with E-state index in [-0.39, 0.29) is 24.4 Å². The van der Waals surface area contributed by atoms with Crippen molar-refractivity contribution >= 4 is 23.2 Å². The van der Waals surface area contributed by atoms with Crippen molar-refractivity contribution in [1.82, 2.24) is 9.80 Å². The molecule has 2 amide bonds. The molecule has 3 saturated heterocycles. The number of nitrogens with zero attached hydrogens (tertiary/aromatic N) is 3. The molecule has 0 spiro atoms. The van der Waals surface area contributed by atoms with Crippen molar-refractivity contribution in [2.75, 3.05) is 36.4 Å². The molecule has 0 bridgehead atoms. The van der Waals surface area contributed by atoms with Crippen molar-refractivity contribution in [3.8, 4) is 0 Å². The van der Waals surface area contributed by atoms with Crippen LogP contribution < -0.4 is 10.2 Å². The monoisotopic (exact) mass is 636 g/mol. The smallest absolute Gasteiger partial charge is 0.371 e. The van der Waals surface area contributed by atoms with Crippen LogP contribution in [0.15, 0.2) is 66.7 Å². The molecule has 46 heavy (non-hydrogen) atoms. The van der Waals surface area contributed by atoms with Gasteiger partial charge in [-0.3, -0.25) is 14.5 Å². The Bertz CT molecular complexity index is 1530. The van der Waals surface area contributed by atoms with Crippen LogP contribution in [-0.4, -0.2) is 60.0 Å². The van der Waals surface area contributed by atoms with E-state index in [0.717, 1.165) is 37.2 Å². The number of alkyl halides is 3. The Hall–Kier alpha value is -3.92. The highest BCUT2D eigenvalue weighted by Crippen LogP contribution is 2.39. The van der Waals surface area contributed by atoms with E-state index in [1.165, 1.54) is 11.0 Å². The molecule has 3 heterocycles. The van der Waals surface area contributed by atoms with Crippen molar-refractivity contribution in [1.29, 1.82) is 0 Å². The number of likely N-dealkylation sites (tertiary alicyclic amines) is 2. The Morgan fingerprint density at radius 1 is 0.870 bits per heavy atom. The first kappa shape index (κ1) is 32.0. The quantitative estimate of drug-likeness (QED) is 0.273. The van der Waals surface area contributed by atoms with Gasteiger partial charge in [0.25, 0.3) is 5.91 Å². The summed E-state index contributed by atoms with van der Waals surface area (Å²) in [7, 11) is 0. The van der Waals surface area contributed by atoms with Gasteiger partial charge in [0.2, 0.25) is 5.91 Å². The molecule has 3 atom stereocenters. The molecule has 6 nitrogen and oxygen atoms in total. The molecule has 6 rings (SSSR count). The molecule has 0 saturated carbocycles. The number of hydrogen-bond donors (Lipinski definition) is 1. The summed E-state index contributed by atoms with van der Waals surface area (Å²) in [6, 6.07) is 17.3. The van der Waals surface area contributed by atoms with Crippen molar-refractivity contribution in [3.05, 3.63) is 94.8 Å². The molecule has 244 valence electrons. The zero-order chi connectivity index (χ0) is 32.4. The van der Waals surface area contributed by atoms with Gasteiger partial charge in [0.05, 0.1) is 17.5 Å². The van der Waals surface area contributed by atoms with Crippen LogP contribution in [-0.2, 0) is 11.3 Å². The minimum Gasteiger partial charge on any atom is -0.371 e. The number of hydrogen-bond acceptors (Lipinski definition) is 4. The average Bonchev–Trinajstić information content (AvgIpc) is 3.74. The van der Waals surface area contributed by atoms with Gasteiger partial charge in [-0.25, -0.2) is 4.39 Å². The highest BCUT2D eigenvalue weighted by molar-refractivity contribution is 5.98. The molecule has 0 radical (unpaired) electrons. The van der Waals surface area contributed by atoms with Gasteiger partial charge in [-0.1, -0.05) is 42.5 Å². The summed E-state index contributed by atoms with van der Waals surface area (Å²) >= 11 is 0. The number of benzene rings is 3. The molecule has 3 fully saturated rings. The topological polar surface area (TPSA) is 55.9 Å². The van der Waals surface area contributed by atoms with E-state index in [4.69, 9.17) is 0 Å². The summed E-state index contributed by atoms with van der Waals surface area (Å²) in [5.74, 6) is -1.96. The third-order valence-electron chi connectivity index (χ3n) is 9.70. The van der Waals surface area contributed by atoms with E-state index >= 15 is 4.39 Å². The van der Waals surface area contributed by atoms with E-state index in [9.17, 15) is 22.8 Å². The van der Waals surface area contributed by atoms with Crippen LogP contribution in [0.3, 0.4) is 0 Å². The highest BCUT2D eigenvalue weighted by atomic mass is 19.4. The van der Waals surface area contributed by atoms with Crippen LogP contribution in [0.4, 0.5) is 28.9 Å². The Kier molecular flexibility index (Phi) is 9.36. The number of anilines is 2. The van der Waals surface area contributed by atoms with Gasteiger partial charge in [0.1, 0.15) is 11.9 Å². The van der Waals surface area contributed by atoms with E-state index in [2.05, 4.69) is 10.2 Å². The SMILES string of the molecule is Cc1cccc(F)c1C(=O)N1CCC[C@H](C(=O)Nc2cccc(N3CCCC3)c2)[C@@H]1c1ccc(CN2CCCC2C(F)(F)F)cc1.